The van der Waals surface area contributed by atoms with Crippen molar-refractivity contribution in [1.82, 2.24) is 0 Å². The van der Waals surface area contributed by atoms with Crippen LogP contribution in [-0.4, -0.2) is 23.1 Å². The first-order valence-electron chi connectivity index (χ1n) is 5.09. The van der Waals surface area contributed by atoms with Gasteiger partial charge in [-0.3, -0.25) is 4.79 Å². The summed E-state index contributed by atoms with van der Waals surface area (Å²) < 4.78 is 5.37. The van der Waals surface area contributed by atoms with Gasteiger partial charge in [-0.15, -0.1) is 0 Å². The highest BCUT2D eigenvalue weighted by Gasteiger charge is 2.23. The summed E-state index contributed by atoms with van der Waals surface area (Å²) in [7, 11) is 0. The molecular formula is C12H11NO4. The van der Waals surface area contributed by atoms with Crippen molar-refractivity contribution in [2.45, 2.75) is 13.0 Å². The first kappa shape index (κ1) is 11.2. The molecule has 1 aromatic rings. The molecule has 1 aliphatic rings. The molecule has 0 bridgehead atoms. The average Bonchev–Trinajstić information content (AvgIpc) is 2.28. The fraction of sp³-hybridized carbons (Fsp3) is 0.167. The number of carbonyl (C=O) groups excluding carboxylic acids is 1. The van der Waals surface area contributed by atoms with Crippen LogP contribution in [-0.2, 0) is 9.59 Å². The van der Waals surface area contributed by atoms with Gasteiger partial charge in [0.15, 0.2) is 6.10 Å². The summed E-state index contributed by atoms with van der Waals surface area (Å²) in [6.07, 6.45) is 1.98. The molecule has 0 aliphatic carbocycles. The van der Waals surface area contributed by atoms with Gasteiger partial charge in [-0.2, -0.15) is 0 Å². The lowest BCUT2D eigenvalue weighted by atomic mass is 10.1. The SMILES string of the molecule is CC1Oc2ccc(C=CC(=O)O)cc2NC1=O. The maximum atomic E-state index is 11.4. The van der Waals surface area contributed by atoms with Gasteiger partial charge in [0, 0.05) is 6.08 Å². The Bertz CT molecular complexity index is 507. The fourth-order valence-corrected chi connectivity index (χ4v) is 1.50. The van der Waals surface area contributed by atoms with E-state index < -0.39 is 12.1 Å². The molecule has 0 saturated heterocycles. The second-order valence-corrected chi connectivity index (χ2v) is 3.68. The monoisotopic (exact) mass is 233 g/mol. The molecule has 5 heteroatoms. The summed E-state index contributed by atoms with van der Waals surface area (Å²) in [6, 6.07) is 5.09. The van der Waals surface area contributed by atoms with Crippen molar-refractivity contribution < 1.29 is 19.4 Å². The smallest absolute Gasteiger partial charge is 0.328 e. The van der Waals surface area contributed by atoms with E-state index in [1.54, 1.807) is 25.1 Å². The van der Waals surface area contributed by atoms with Crippen LogP contribution < -0.4 is 10.1 Å². The average molecular weight is 233 g/mol. The zero-order valence-electron chi connectivity index (χ0n) is 9.14. The van der Waals surface area contributed by atoms with E-state index in [1.165, 1.54) is 6.08 Å². The van der Waals surface area contributed by atoms with Crippen molar-refractivity contribution >= 4 is 23.6 Å². The minimum atomic E-state index is -1.02. The molecule has 1 unspecified atom stereocenters. The van der Waals surface area contributed by atoms with Gasteiger partial charge in [-0.05, 0) is 30.7 Å². The number of nitrogens with one attached hydrogen (secondary N) is 1. The van der Waals surface area contributed by atoms with Crippen molar-refractivity contribution in [3.8, 4) is 5.75 Å². The highest BCUT2D eigenvalue weighted by Crippen LogP contribution is 2.30. The van der Waals surface area contributed by atoms with Crippen LogP contribution in [0.15, 0.2) is 24.3 Å². The second kappa shape index (κ2) is 4.29. The number of ether oxygens (including phenoxy) is 1. The summed E-state index contributed by atoms with van der Waals surface area (Å²) in [5.74, 6) is -0.641. The quantitative estimate of drug-likeness (QED) is 0.759. The second-order valence-electron chi connectivity index (χ2n) is 3.68. The molecule has 1 heterocycles. The lowest BCUT2D eigenvalue weighted by Crippen LogP contribution is -2.34. The number of hydrogen-bond donors (Lipinski definition) is 2. The number of carboxylic acids is 1. The molecule has 1 amide bonds. The molecule has 2 N–H and O–H groups in total. The molecule has 17 heavy (non-hydrogen) atoms. The zero-order chi connectivity index (χ0) is 12.4. The van der Waals surface area contributed by atoms with E-state index in [1.807, 2.05) is 0 Å². The third kappa shape index (κ3) is 2.44. The number of carboxylic acid groups (broad SMARTS) is 1. The topological polar surface area (TPSA) is 75.6 Å². The van der Waals surface area contributed by atoms with Gasteiger partial charge >= 0.3 is 5.97 Å². The first-order valence-corrected chi connectivity index (χ1v) is 5.09. The number of benzene rings is 1. The van der Waals surface area contributed by atoms with Crippen LogP contribution in [0.25, 0.3) is 6.08 Å². The Labute approximate surface area is 97.7 Å². The van der Waals surface area contributed by atoms with Gasteiger partial charge in [0.1, 0.15) is 5.75 Å². The normalized spacial score (nSPS) is 18.4. The molecule has 0 saturated carbocycles. The maximum absolute atomic E-state index is 11.4. The number of carbonyl (C=O) groups is 2. The van der Waals surface area contributed by atoms with E-state index in [2.05, 4.69) is 5.32 Å². The molecule has 1 aromatic carbocycles. The minimum Gasteiger partial charge on any atom is -0.479 e. The number of aliphatic carboxylic acids is 1. The predicted molar refractivity (Wildman–Crippen MR) is 61.8 cm³/mol. The molecule has 1 atom stereocenters. The number of rotatable bonds is 2. The summed E-state index contributed by atoms with van der Waals surface area (Å²) in [6.45, 7) is 1.66. The van der Waals surface area contributed by atoms with Crippen molar-refractivity contribution in [3.63, 3.8) is 0 Å². The summed E-state index contributed by atoms with van der Waals surface area (Å²) in [4.78, 5) is 21.8. The Kier molecular flexibility index (Phi) is 2.82. The summed E-state index contributed by atoms with van der Waals surface area (Å²) in [5.41, 5.74) is 1.24. The highest BCUT2D eigenvalue weighted by molar-refractivity contribution is 5.98. The highest BCUT2D eigenvalue weighted by atomic mass is 16.5. The minimum absolute atomic E-state index is 0.211. The van der Waals surface area contributed by atoms with Crippen LogP contribution in [0.3, 0.4) is 0 Å². The van der Waals surface area contributed by atoms with Crippen molar-refractivity contribution in [2.75, 3.05) is 5.32 Å². The van der Waals surface area contributed by atoms with E-state index in [-0.39, 0.29) is 5.91 Å². The molecule has 2 rings (SSSR count). The maximum Gasteiger partial charge on any atom is 0.328 e. The molecule has 1 aliphatic heterocycles. The van der Waals surface area contributed by atoms with Crippen LogP contribution in [0.5, 0.6) is 5.75 Å². The van der Waals surface area contributed by atoms with Crippen LogP contribution in [0.2, 0.25) is 0 Å². The largest absolute Gasteiger partial charge is 0.479 e. The molecule has 88 valence electrons. The van der Waals surface area contributed by atoms with E-state index in [4.69, 9.17) is 9.84 Å². The predicted octanol–water partition coefficient (Wildman–Crippen LogP) is 1.50. The van der Waals surface area contributed by atoms with E-state index >= 15 is 0 Å². The molecule has 0 spiro atoms. The first-order chi connectivity index (χ1) is 8.06. The third-order valence-corrected chi connectivity index (χ3v) is 2.35. The van der Waals surface area contributed by atoms with Crippen molar-refractivity contribution in [3.05, 3.63) is 29.8 Å². The van der Waals surface area contributed by atoms with Gasteiger partial charge < -0.3 is 15.2 Å². The number of hydrogen-bond acceptors (Lipinski definition) is 3. The van der Waals surface area contributed by atoms with E-state index in [9.17, 15) is 9.59 Å². The fourth-order valence-electron chi connectivity index (χ4n) is 1.50. The van der Waals surface area contributed by atoms with Crippen molar-refractivity contribution in [1.29, 1.82) is 0 Å². The van der Waals surface area contributed by atoms with Crippen LogP contribution in [0.4, 0.5) is 5.69 Å². The molecule has 5 nitrogen and oxygen atoms in total. The van der Waals surface area contributed by atoms with Crippen LogP contribution in [0, 0.1) is 0 Å². The molecule has 0 aromatic heterocycles. The summed E-state index contributed by atoms with van der Waals surface area (Å²) >= 11 is 0. The Balaban J connectivity index is 2.28. The lowest BCUT2D eigenvalue weighted by molar-refractivity contribution is -0.131. The van der Waals surface area contributed by atoms with Gasteiger partial charge in [-0.1, -0.05) is 6.07 Å². The van der Waals surface area contributed by atoms with Gasteiger partial charge in [0.25, 0.3) is 5.91 Å². The molecule has 0 fully saturated rings. The zero-order valence-corrected chi connectivity index (χ0v) is 9.14. The number of anilines is 1. The van der Waals surface area contributed by atoms with Gasteiger partial charge in [0.05, 0.1) is 5.69 Å². The number of amides is 1. The Morgan fingerprint density at radius 1 is 1.53 bits per heavy atom. The standard InChI is InChI=1S/C12H11NO4/c1-7-12(16)13-9-6-8(3-5-11(14)15)2-4-10(9)17-7/h2-7H,1H3,(H,13,16)(H,14,15). The Hall–Kier alpha value is -2.30. The Morgan fingerprint density at radius 3 is 3.00 bits per heavy atom. The van der Waals surface area contributed by atoms with Crippen LogP contribution >= 0.6 is 0 Å². The lowest BCUT2D eigenvalue weighted by Gasteiger charge is -2.23. The van der Waals surface area contributed by atoms with E-state index in [0.29, 0.717) is 17.0 Å². The van der Waals surface area contributed by atoms with Crippen molar-refractivity contribution in [2.24, 2.45) is 0 Å². The molecular weight excluding hydrogens is 222 g/mol. The third-order valence-electron chi connectivity index (χ3n) is 2.35. The Morgan fingerprint density at radius 2 is 2.29 bits per heavy atom. The molecule has 0 radical (unpaired) electrons. The van der Waals surface area contributed by atoms with Crippen LogP contribution in [0.1, 0.15) is 12.5 Å². The van der Waals surface area contributed by atoms with Gasteiger partial charge in [-0.25, -0.2) is 4.79 Å². The van der Waals surface area contributed by atoms with Gasteiger partial charge in [0.2, 0.25) is 0 Å². The number of fused-ring (bicyclic) bond motifs is 1. The summed E-state index contributed by atoms with van der Waals surface area (Å²) in [5, 5.41) is 11.2. The van der Waals surface area contributed by atoms with E-state index in [0.717, 1.165) is 6.08 Å².